The van der Waals surface area contributed by atoms with Gasteiger partial charge in [-0.05, 0) is 42.8 Å². The lowest BCUT2D eigenvalue weighted by Gasteiger charge is -2.10. The van der Waals surface area contributed by atoms with Crippen LogP contribution in [-0.4, -0.2) is 28.5 Å². The standard InChI is InChI=1S/C16H20F2N4/c1-16(17,18)6-4-12-2-3-14(20-8-12)10-19-9-13-11-22-7-5-15(13)21-22/h2-3,5,7-9,15,19,21H,4,6,10-11H2,1H3/b13-9-. The average molecular weight is 306 g/mol. The zero-order valence-corrected chi connectivity index (χ0v) is 12.5. The molecule has 0 radical (unpaired) electrons. The summed E-state index contributed by atoms with van der Waals surface area (Å²) < 4.78 is 25.6. The van der Waals surface area contributed by atoms with Crippen molar-refractivity contribution in [3.8, 4) is 0 Å². The van der Waals surface area contributed by atoms with Crippen LogP contribution in [-0.2, 0) is 13.0 Å². The molecule has 118 valence electrons. The summed E-state index contributed by atoms with van der Waals surface area (Å²) in [4.78, 5) is 4.31. The second-order valence-corrected chi connectivity index (χ2v) is 5.90. The Morgan fingerprint density at radius 1 is 1.50 bits per heavy atom. The molecular formula is C16H20F2N4. The van der Waals surface area contributed by atoms with Crippen LogP contribution in [0.1, 0.15) is 24.6 Å². The Morgan fingerprint density at radius 2 is 2.36 bits per heavy atom. The fourth-order valence-corrected chi connectivity index (χ4v) is 2.55. The van der Waals surface area contributed by atoms with E-state index in [1.165, 1.54) is 5.57 Å². The van der Waals surface area contributed by atoms with Crippen molar-refractivity contribution in [3.05, 3.63) is 53.6 Å². The molecule has 2 bridgehead atoms. The predicted molar refractivity (Wildman–Crippen MR) is 80.9 cm³/mol. The highest BCUT2D eigenvalue weighted by Gasteiger charge is 2.27. The molecule has 2 aliphatic rings. The van der Waals surface area contributed by atoms with Gasteiger partial charge in [0.2, 0.25) is 5.92 Å². The molecule has 0 aromatic carbocycles. The summed E-state index contributed by atoms with van der Waals surface area (Å²) in [6, 6.07) is 4.06. The number of rotatable bonds is 6. The number of nitrogens with one attached hydrogen (secondary N) is 2. The van der Waals surface area contributed by atoms with Crippen LogP contribution in [0, 0.1) is 0 Å². The Morgan fingerprint density at radius 3 is 2.95 bits per heavy atom. The largest absolute Gasteiger partial charge is 0.385 e. The van der Waals surface area contributed by atoms with Crippen LogP contribution < -0.4 is 10.7 Å². The summed E-state index contributed by atoms with van der Waals surface area (Å²) in [6.45, 7) is 2.47. The summed E-state index contributed by atoms with van der Waals surface area (Å²) >= 11 is 0. The van der Waals surface area contributed by atoms with Crippen LogP contribution in [0.5, 0.6) is 0 Å². The molecular weight excluding hydrogens is 286 g/mol. The number of hydrazine groups is 1. The number of fused-ring (bicyclic) bond motifs is 2. The van der Waals surface area contributed by atoms with Gasteiger partial charge in [-0.25, -0.2) is 14.2 Å². The van der Waals surface area contributed by atoms with Crippen molar-refractivity contribution in [2.24, 2.45) is 0 Å². The van der Waals surface area contributed by atoms with E-state index in [0.717, 1.165) is 24.7 Å². The van der Waals surface area contributed by atoms with Crippen LogP contribution in [0.4, 0.5) is 8.78 Å². The van der Waals surface area contributed by atoms with E-state index < -0.39 is 5.92 Å². The fraction of sp³-hybridized carbons (Fsp3) is 0.438. The van der Waals surface area contributed by atoms with Crippen molar-refractivity contribution in [1.82, 2.24) is 20.7 Å². The molecule has 22 heavy (non-hydrogen) atoms. The van der Waals surface area contributed by atoms with Crippen molar-refractivity contribution < 1.29 is 8.78 Å². The van der Waals surface area contributed by atoms with E-state index in [2.05, 4.69) is 26.8 Å². The topological polar surface area (TPSA) is 40.2 Å². The van der Waals surface area contributed by atoms with Gasteiger partial charge in [0.15, 0.2) is 0 Å². The van der Waals surface area contributed by atoms with E-state index in [9.17, 15) is 8.78 Å². The Balaban J connectivity index is 1.47. The first-order valence-corrected chi connectivity index (χ1v) is 7.45. The number of hydrogen-bond acceptors (Lipinski definition) is 4. The first-order valence-electron chi connectivity index (χ1n) is 7.45. The van der Waals surface area contributed by atoms with Crippen LogP contribution >= 0.6 is 0 Å². The van der Waals surface area contributed by atoms with E-state index in [-0.39, 0.29) is 6.42 Å². The zero-order chi connectivity index (χ0) is 15.6. The highest BCUT2D eigenvalue weighted by Crippen LogP contribution is 2.20. The molecule has 0 amide bonds. The van der Waals surface area contributed by atoms with E-state index in [4.69, 9.17) is 0 Å². The predicted octanol–water partition coefficient (Wildman–Crippen LogP) is 2.36. The third-order valence-corrected chi connectivity index (χ3v) is 3.83. The molecule has 1 aromatic heterocycles. The molecule has 1 unspecified atom stereocenters. The van der Waals surface area contributed by atoms with Crippen LogP contribution in [0.2, 0.25) is 0 Å². The van der Waals surface area contributed by atoms with Gasteiger partial charge in [0.25, 0.3) is 0 Å². The van der Waals surface area contributed by atoms with Gasteiger partial charge in [0.05, 0.1) is 24.8 Å². The Hall–Kier alpha value is -1.95. The second-order valence-electron chi connectivity index (χ2n) is 5.90. The van der Waals surface area contributed by atoms with Gasteiger partial charge >= 0.3 is 0 Å². The molecule has 0 spiro atoms. The number of aryl methyl sites for hydroxylation is 1. The lowest BCUT2D eigenvalue weighted by molar-refractivity contribution is 0.0133. The van der Waals surface area contributed by atoms with Crippen LogP contribution in [0.3, 0.4) is 0 Å². The summed E-state index contributed by atoms with van der Waals surface area (Å²) in [5.74, 6) is -2.62. The fourth-order valence-electron chi connectivity index (χ4n) is 2.55. The Kier molecular flexibility index (Phi) is 4.11. The van der Waals surface area contributed by atoms with Gasteiger partial charge in [0, 0.05) is 18.8 Å². The van der Waals surface area contributed by atoms with Gasteiger partial charge < -0.3 is 10.3 Å². The minimum absolute atomic E-state index is 0.142. The van der Waals surface area contributed by atoms with E-state index in [1.807, 2.05) is 24.5 Å². The molecule has 4 nitrogen and oxygen atoms in total. The highest BCUT2D eigenvalue weighted by atomic mass is 19.3. The first kappa shape index (κ1) is 15.0. The van der Waals surface area contributed by atoms with Crippen LogP contribution in [0.25, 0.3) is 0 Å². The minimum atomic E-state index is -2.62. The molecule has 3 rings (SSSR count). The SMILES string of the molecule is CC(F)(F)CCc1ccc(CN/C=C2/CN3C=CC2N3)nc1. The van der Waals surface area contributed by atoms with Crippen molar-refractivity contribution in [3.63, 3.8) is 0 Å². The van der Waals surface area contributed by atoms with E-state index in [1.54, 1.807) is 6.20 Å². The van der Waals surface area contributed by atoms with E-state index in [0.29, 0.717) is 19.0 Å². The lowest BCUT2D eigenvalue weighted by atomic mass is 10.1. The van der Waals surface area contributed by atoms with Crippen molar-refractivity contribution >= 4 is 0 Å². The van der Waals surface area contributed by atoms with E-state index >= 15 is 0 Å². The molecule has 2 N–H and O–H groups in total. The van der Waals surface area contributed by atoms with Crippen molar-refractivity contribution in [2.75, 3.05) is 6.54 Å². The summed E-state index contributed by atoms with van der Waals surface area (Å²) in [5, 5.41) is 5.31. The average Bonchev–Trinajstić information content (AvgIpc) is 3.08. The Labute approximate surface area is 128 Å². The quantitative estimate of drug-likeness (QED) is 0.846. The van der Waals surface area contributed by atoms with Gasteiger partial charge in [-0.3, -0.25) is 4.98 Å². The van der Waals surface area contributed by atoms with Crippen LogP contribution in [0.15, 0.2) is 42.4 Å². The molecule has 0 saturated carbocycles. The van der Waals surface area contributed by atoms with Gasteiger partial charge in [0.1, 0.15) is 0 Å². The normalized spacial score (nSPS) is 21.9. The summed E-state index contributed by atoms with van der Waals surface area (Å²) in [6.07, 6.45) is 8.08. The Bertz CT molecular complexity index is 575. The molecule has 0 aliphatic carbocycles. The number of nitrogens with zero attached hydrogens (tertiary/aromatic N) is 2. The molecule has 3 heterocycles. The molecule has 2 aliphatic heterocycles. The number of halogens is 2. The maximum atomic E-state index is 12.8. The first-order chi connectivity index (χ1) is 10.5. The highest BCUT2D eigenvalue weighted by molar-refractivity contribution is 5.28. The smallest absolute Gasteiger partial charge is 0.245 e. The number of pyridine rings is 1. The monoisotopic (exact) mass is 306 g/mol. The van der Waals surface area contributed by atoms with Crippen molar-refractivity contribution in [1.29, 1.82) is 0 Å². The van der Waals surface area contributed by atoms with Crippen molar-refractivity contribution in [2.45, 2.75) is 38.3 Å². The molecule has 1 atom stereocenters. The lowest BCUT2D eigenvalue weighted by Crippen LogP contribution is -2.23. The number of hydrogen-bond donors (Lipinski definition) is 2. The van der Waals surface area contributed by atoms with Gasteiger partial charge in [-0.15, -0.1) is 0 Å². The number of alkyl halides is 2. The maximum absolute atomic E-state index is 12.8. The maximum Gasteiger partial charge on any atom is 0.245 e. The zero-order valence-electron chi connectivity index (χ0n) is 12.5. The van der Waals surface area contributed by atoms with Gasteiger partial charge in [-0.2, -0.15) is 0 Å². The molecule has 6 heteroatoms. The number of aromatic nitrogens is 1. The second kappa shape index (κ2) is 6.04. The molecule has 1 fully saturated rings. The minimum Gasteiger partial charge on any atom is -0.385 e. The molecule has 1 aromatic rings. The third kappa shape index (κ3) is 3.82. The van der Waals surface area contributed by atoms with Gasteiger partial charge in [-0.1, -0.05) is 6.07 Å². The third-order valence-electron chi connectivity index (χ3n) is 3.83. The molecule has 1 saturated heterocycles. The summed E-state index contributed by atoms with van der Waals surface area (Å²) in [5.41, 5.74) is 6.34. The summed E-state index contributed by atoms with van der Waals surface area (Å²) in [7, 11) is 0.